The number of aryl methyl sites for hydroxylation is 2. The van der Waals surface area contributed by atoms with E-state index in [-0.39, 0.29) is 12.4 Å². The molecule has 1 fully saturated rings. The lowest BCUT2D eigenvalue weighted by molar-refractivity contribution is 0.0581. The maximum atomic E-state index is 12.5. The summed E-state index contributed by atoms with van der Waals surface area (Å²) in [5, 5.41) is 12.9. The number of aromatic nitrogens is 5. The first-order valence-corrected chi connectivity index (χ1v) is 13.4. The Morgan fingerprint density at radius 2 is 1.90 bits per heavy atom. The molecule has 4 aromatic rings. The highest BCUT2D eigenvalue weighted by Crippen LogP contribution is 2.39. The number of carbonyl (C=O) groups is 2. The molecule has 1 aliphatic carbocycles. The van der Waals surface area contributed by atoms with Crippen molar-refractivity contribution in [1.82, 2.24) is 24.3 Å². The fraction of sp³-hybridized carbons (Fsp3) is 0.379. The summed E-state index contributed by atoms with van der Waals surface area (Å²) >= 11 is 0. The fourth-order valence-electron chi connectivity index (χ4n) is 4.39. The minimum Gasteiger partial charge on any atom is -0.473 e. The Labute approximate surface area is 237 Å². The summed E-state index contributed by atoms with van der Waals surface area (Å²) in [5.41, 5.74) is 4.24. The van der Waals surface area contributed by atoms with Crippen LogP contribution in [0.4, 0.5) is 21.2 Å². The van der Waals surface area contributed by atoms with E-state index in [9.17, 15) is 14.7 Å². The van der Waals surface area contributed by atoms with Gasteiger partial charge in [-0.1, -0.05) is 6.07 Å². The van der Waals surface area contributed by atoms with Gasteiger partial charge in [0.1, 0.15) is 35.8 Å². The summed E-state index contributed by atoms with van der Waals surface area (Å²) in [6, 6.07) is 7.41. The maximum absolute atomic E-state index is 12.5. The van der Waals surface area contributed by atoms with Gasteiger partial charge in [-0.15, -0.1) is 0 Å². The lowest BCUT2D eigenvalue weighted by Gasteiger charge is -2.24. The van der Waals surface area contributed by atoms with Crippen molar-refractivity contribution >= 4 is 29.5 Å². The zero-order chi connectivity index (χ0) is 29.3. The van der Waals surface area contributed by atoms with Crippen LogP contribution >= 0.6 is 0 Å². The average Bonchev–Trinajstić information content (AvgIpc) is 3.65. The zero-order valence-electron chi connectivity index (χ0n) is 23.7. The Balaban J connectivity index is 1.23. The van der Waals surface area contributed by atoms with Crippen molar-refractivity contribution in [2.75, 3.05) is 10.2 Å². The number of hydrogen-bond donors (Lipinski definition) is 2. The Hall–Kier alpha value is -4.74. The van der Waals surface area contributed by atoms with Crippen molar-refractivity contribution in [3.63, 3.8) is 0 Å². The van der Waals surface area contributed by atoms with Crippen molar-refractivity contribution < 1.29 is 24.2 Å². The number of carboxylic acid groups (broad SMARTS) is 1. The van der Waals surface area contributed by atoms with Gasteiger partial charge in [-0.2, -0.15) is 4.90 Å². The Morgan fingerprint density at radius 3 is 2.59 bits per heavy atom. The second-order valence-corrected chi connectivity index (χ2v) is 11.1. The van der Waals surface area contributed by atoms with E-state index in [4.69, 9.17) is 9.47 Å². The predicted octanol–water partition coefficient (Wildman–Crippen LogP) is 5.62. The summed E-state index contributed by atoms with van der Waals surface area (Å²) in [4.78, 5) is 42.3. The number of rotatable bonds is 8. The van der Waals surface area contributed by atoms with Crippen molar-refractivity contribution in [1.29, 1.82) is 0 Å². The molecule has 0 radical (unpaired) electrons. The molecule has 12 heteroatoms. The van der Waals surface area contributed by atoms with Gasteiger partial charge in [0.25, 0.3) is 0 Å². The van der Waals surface area contributed by atoms with E-state index in [2.05, 4.69) is 48.0 Å². The quantitative estimate of drug-likeness (QED) is 0.279. The number of nitrogens with zero attached hydrogens (tertiary/aromatic N) is 6. The first kappa shape index (κ1) is 27.8. The molecule has 0 unspecified atom stereocenters. The van der Waals surface area contributed by atoms with E-state index in [1.807, 2.05) is 6.20 Å². The molecule has 0 aromatic carbocycles. The molecule has 5 rings (SSSR count). The monoisotopic (exact) mass is 559 g/mol. The molecule has 4 aromatic heterocycles. The number of imide groups is 1. The maximum Gasteiger partial charge on any atom is 0.425 e. The third kappa shape index (κ3) is 6.71. The van der Waals surface area contributed by atoms with Gasteiger partial charge in [0.2, 0.25) is 5.88 Å². The molecule has 0 aliphatic heterocycles. The van der Waals surface area contributed by atoms with Crippen molar-refractivity contribution in [2.45, 2.75) is 72.1 Å². The highest BCUT2D eigenvalue weighted by atomic mass is 16.6. The van der Waals surface area contributed by atoms with E-state index >= 15 is 0 Å². The molecule has 41 heavy (non-hydrogen) atoms. The van der Waals surface area contributed by atoms with Gasteiger partial charge < -0.3 is 24.3 Å². The van der Waals surface area contributed by atoms with E-state index in [1.54, 1.807) is 40.7 Å². The Bertz CT molecular complexity index is 1580. The zero-order valence-corrected chi connectivity index (χ0v) is 23.7. The smallest absolute Gasteiger partial charge is 0.425 e. The van der Waals surface area contributed by atoms with Crippen LogP contribution < -0.4 is 15.0 Å². The van der Waals surface area contributed by atoms with Crippen LogP contribution in [0, 0.1) is 13.8 Å². The summed E-state index contributed by atoms with van der Waals surface area (Å²) in [6.45, 7) is 9.11. The van der Waals surface area contributed by atoms with Gasteiger partial charge in [0.15, 0.2) is 0 Å². The number of anilines is 2. The molecule has 2 N–H and O–H groups in total. The van der Waals surface area contributed by atoms with Gasteiger partial charge in [0.05, 0.1) is 12.2 Å². The Kier molecular flexibility index (Phi) is 7.48. The summed E-state index contributed by atoms with van der Waals surface area (Å²) in [5.74, 6) is 1.58. The van der Waals surface area contributed by atoms with E-state index in [1.165, 1.54) is 30.8 Å². The lowest BCUT2D eigenvalue weighted by Crippen LogP contribution is -2.40. The first-order valence-electron chi connectivity index (χ1n) is 13.4. The van der Waals surface area contributed by atoms with Gasteiger partial charge in [-0.05, 0) is 76.6 Å². The van der Waals surface area contributed by atoms with Crippen LogP contribution in [-0.4, -0.2) is 47.2 Å². The van der Waals surface area contributed by atoms with Crippen LogP contribution in [0.15, 0.2) is 43.0 Å². The fourth-order valence-corrected chi connectivity index (χ4v) is 4.39. The molecule has 2 amide bonds. The van der Waals surface area contributed by atoms with Crippen LogP contribution in [0.5, 0.6) is 5.88 Å². The molecule has 0 saturated heterocycles. The van der Waals surface area contributed by atoms with Gasteiger partial charge >= 0.3 is 12.2 Å². The molecule has 0 spiro atoms. The summed E-state index contributed by atoms with van der Waals surface area (Å²) < 4.78 is 13.2. The van der Waals surface area contributed by atoms with Crippen LogP contribution in [0.25, 0.3) is 5.65 Å². The lowest BCUT2D eigenvalue weighted by atomic mass is 10.1. The normalized spacial score (nSPS) is 13.2. The van der Waals surface area contributed by atoms with E-state index in [0.717, 1.165) is 16.9 Å². The van der Waals surface area contributed by atoms with Crippen LogP contribution in [-0.2, 0) is 17.9 Å². The number of hydrogen-bond acceptors (Lipinski definition) is 9. The van der Waals surface area contributed by atoms with Gasteiger partial charge in [0, 0.05) is 29.7 Å². The largest absolute Gasteiger partial charge is 0.473 e. The first-order chi connectivity index (χ1) is 19.5. The molecule has 0 atom stereocenters. The Morgan fingerprint density at radius 1 is 1.12 bits per heavy atom. The van der Waals surface area contributed by atoms with Crippen LogP contribution in [0.2, 0.25) is 0 Å². The van der Waals surface area contributed by atoms with E-state index < -0.39 is 17.8 Å². The molecule has 4 heterocycles. The molecule has 214 valence electrons. The second kappa shape index (κ2) is 11.0. The van der Waals surface area contributed by atoms with Crippen LogP contribution in [0.3, 0.4) is 0 Å². The van der Waals surface area contributed by atoms with Crippen LogP contribution in [0.1, 0.15) is 67.6 Å². The van der Waals surface area contributed by atoms with Gasteiger partial charge in [-0.25, -0.2) is 29.5 Å². The number of imidazole rings is 1. The van der Waals surface area contributed by atoms with Crippen molar-refractivity contribution in [3.8, 4) is 5.88 Å². The topological polar surface area (TPSA) is 144 Å². The molecular weight excluding hydrogens is 526 g/mol. The van der Waals surface area contributed by atoms with E-state index in [0.29, 0.717) is 40.3 Å². The molecule has 1 aliphatic rings. The van der Waals surface area contributed by atoms with Crippen molar-refractivity contribution in [3.05, 3.63) is 71.1 Å². The second-order valence-electron chi connectivity index (χ2n) is 11.1. The predicted molar refractivity (Wildman–Crippen MR) is 151 cm³/mol. The minimum atomic E-state index is -1.48. The number of pyridine rings is 2. The third-order valence-electron chi connectivity index (χ3n) is 6.57. The number of nitrogens with one attached hydrogen (secondary N) is 1. The summed E-state index contributed by atoms with van der Waals surface area (Å²) in [7, 11) is 0. The average molecular weight is 560 g/mol. The highest BCUT2D eigenvalue weighted by molar-refractivity contribution is 6.07. The SMILES string of the molecule is Cc1cc(N(C(=O)O)C(=O)OC(C)(C)C)nc(C)c1COc1cc(NCc2cn3cc(C4CC4)ccc3n2)ncn1. The molecule has 12 nitrogen and oxygen atoms in total. The third-order valence-corrected chi connectivity index (χ3v) is 6.57. The van der Waals surface area contributed by atoms with Crippen molar-refractivity contribution in [2.24, 2.45) is 0 Å². The van der Waals surface area contributed by atoms with Gasteiger partial charge in [-0.3, -0.25) is 0 Å². The number of ether oxygens (including phenoxy) is 2. The molecule has 0 bridgehead atoms. The number of amides is 2. The minimum absolute atomic E-state index is 0.0465. The highest BCUT2D eigenvalue weighted by Gasteiger charge is 2.30. The number of carbonyl (C=O) groups excluding carboxylic acids is 1. The molecular formula is C29H33N7O5. The summed E-state index contributed by atoms with van der Waals surface area (Å²) in [6.07, 6.45) is 5.59. The molecule has 1 saturated carbocycles. The number of fused-ring (bicyclic) bond motifs is 1. The standard InChI is InChI=1S/C29H33N7O5/c1-17-10-25(36(27(37)38)28(39)41-29(3,4)5)33-18(2)22(17)15-40-26-11-23(31-16-32-26)30-12-21-14-35-13-20(19-6-7-19)8-9-24(35)34-21/h8-11,13-14,16,19H,6-7,12,15H2,1-5H3,(H,37,38)(H,30,31,32).